The van der Waals surface area contributed by atoms with E-state index >= 15 is 0 Å². The van der Waals surface area contributed by atoms with Crippen molar-refractivity contribution >= 4 is 0 Å². The Hall–Kier alpha value is -2.14. The minimum absolute atomic E-state index is 0.329. The van der Waals surface area contributed by atoms with Crippen LogP contribution < -0.4 is 0 Å². The fourth-order valence-corrected chi connectivity index (χ4v) is 5.06. The standard InChI is InChI=1S/C29H38FN/c1-2-3-4-5-6-7-8-23-9-11-24(12-10-23)13-14-25-15-18-27(19-16-25)28-20-17-26(22-31)21-29(28)30/h15-21,23-24H,2-14H2,1H3/t23-,24-. The summed E-state index contributed by atoms with van der Waals surface area (Å²) in [7, 11) is 0. The van der Waals surface area contributed by atoms with Crippen LogP contribution in [-0.2, 0) is 6.42 Å². The van der Waals surface area contributed by atoms with E-state index in [1.165, 1.54) is 88.7 Å². The third kappa shape index (κ3) is 7.49. The number of halogens is 1. The van der Waals surface area contributed by atoms with Crippen molar-refractivity contribution in [3.8, 4) is 17.2 Å². The summed E-state index contributed by atoms with van der Waals surface area (Å²) in [4.78, 5) is 0. The summed E-state index contributed by atoms with van der Waals surface area (Å²) < 4.78 is 14.2. The first kappa shape index (κ1) is 23.5. The van der Waals surface area contributed by atoms with Crippen LogP contribution in [0.1, 0.15) is 95.1 Å². The SMILES string of the molecule is CCCCCCCC[C@H]1CC[C@H](CCc2ccc(-c3ccc(C#N)cc3F)cc2)CC1. The van der Waals surface area contributed by atoms with Gasteiger partial charge in [0.1, 0.15) is 5.82 Å². The molecule has 3 rings (SSSR count). The van der Waals surface area contributed by atoms with Gasteiger partial charge in [-0.25, -0.2) is 4.39 Å². The maximum absolute atomic E-state index is 14.2. The zero-order valence-electron chi connectivity index (χ0n) is 19.2. The highest BCUT2D eigenvalue weighted by molar-refractivity contribution is 5.65. The van der Waals surface area contributed by atoms with Crippen molar-refractivity contribution in [3.05, 3.63) is 59.4 Å². The smallest absolute Gasteiger partial charge is 0.132 e. The Balaban J connectivity index is 1.37. The lowest BCUT2D eigenvalue weighted by Crippen LogP contribution is -2.15. The minimum Gasteiger partial charge on any atom is -0.206 e. The lowest BCUT2D eigenvalue weighted by molar-refractivity contribution is 0.248. The van der Waals surface area contributed by atoms with Crippen molar-refractivity contribution in [2.24, 2.45) is 11.8 Å². The average molecular weight is 420 g/mol. The molecule has 0 radical (unpaired) electrons. The topological polar surface area (TPSA) is 23.8 Å². The Morgan fingerprint density at radius 3 is 2.13 bits per heavy atom. The first-order valence-electron chi connectivity index (χ1n) is 12.5. The second kappa shape index (κ2) is 12.7. The number of unbranched alkanes of at least 4 members (excludes halogenated alkanes) is 5. The predicted octanol–water partition coefficient (Wildman–Crippen LogP) is 8.85. The summed E-state index contributed by atoms with van der Waals surface area (Å²) in [6.07, 6.45) is 17.9. The Kier molecular flexibility index (Phi) is 9.60. The molecule has 1 nitrogen and oxygen atoms in total. The summed E-state index contributed by atoms with van der Waals surface area (Å²) >= 11 is 0. The Bertz CT molecular complexity index is 825. The first-order valence-corrected chi connectivity index (χ1v) is 12.5. The van der Waals surface area contributed by atoms with Gasteiger partial charge in [-0.2, -0.15) is 5.26 Å². The Labute approximate surface area is 188 Å². The van der Waals surface area contributed by atoms with E-state index in [0.29, 0.717) is 11.1 Å². The quantitative estimate of drug-likeness (QED) is 0.334. The van der Waals surface area contributed by atoms with Crippen LogP contribution in [0.4, 0.5) is 4.39 Å². The van der Waals surface area contributed by atoms with E-state index < -0.39 is 0 Å². The fraction of sp³-hybridized carbons (Fsp3) is 0.552. The summed E-state index contributed by atoms with van der Waals surface area (Å²) in [5.74, 6) is 1.52. The van der Waals surface area contributed by atoms with Crippen molar-refractivity contribution < 1.29 is 4.39 Å². The van der Waals surface area contributed by atoms with Crippen LogP contribution in [-0.4, -0.2) is 0 Å². The molecule has 0 heterocycles. The number of nitriles is 1. The summed E-state index contributed by atoms with van der Waals surface area (Å²) in [6, 6.07) is 15.0. The highest BCUT2D eigenvalue weighted by Gasteiger charge is 2.20. The van der Waals surface area contributed by atoms with E-state index in [9.17, 15) is 4.39 Å². The Morgan fingerprint density at radius 2 is 1.48 bits per heavy atom. The fourth-order valence-electron chi connectivity index (χ4n) is 5.06. The number of nitrogens with zero attached hydrogens (tertiary/aromatic N) is 1. The van der Waals surface area contributed by atoms with Crippen molar-refractivity contribution in [1.82, 2.24) is 0 Å². The summed E-state index contributed by atoms with van der Waals surface area (Å²) in [5.41, 5.74) is 3.14. The molecule has 0 spiro atoms. The number of aryl methyl sites for hydroxylation is 1. The monoisotopic (exact) mass is 419 g/mol. The van der Waals surface area contributed by atoms with E-state index in [1.54, 1.807) is 12.1 Å². The van der Waals surface area contributed by atoms with Gasteiger partial charge in [0.2, 0.25) is 0 Å². The molecule has 0 bridgehead atoms. The van der Waals surface area contributed by atoms with Crippen LogP contribution in [0.25, 0.3) is 11.1 Å². The molecular formula is C29H38FN. The van der Waals surface area contributed by atoms with Gasteiger partial charge in [0.15, 0.2) is 0 Å². The summed E-state index contributed by atoms with van der Waals surface area (Å²) in [5, 5.41) is 8.90. The van der Waals surface area contributed by atoms with Crippen LogP contribution in [0.15, 0.2) is 42.5 Å². The van der Waals surface area contributed by atoms with Gasteiger partial charge < -0.3 is 0 Å². The molecule has 0 amide bonds. The molecule has 2 aromatic carbocycles. The number of hydrogen-bond acceptors (Lipinski definition) is 1. The molecule has 1 saturated carbocycles. The lowest BCUT2D eigenvalue weighted by Gasteiger charge is -2.28. The molecule has 2 heteroatoms. The maximum atomic E-state index is 14.2. The van der Waals surface area contributed by atoms with Crippen molar-refractivity contribution in [2.45, 2.75) is 90.4 Å². The Morgan fingerprint density at radius 1 is 0.839 bits per heavy atom. The minimum atomic E-state index is -0.329. The molecule has 2 aromatic rings. The molecule has 0 aliphatic heterocycles. The van der Waals surface area contributed by atoms with E-state index in [2.05, 4.69) is 19.1 Å². The molecule has 1 aliphatic rings. The van der Waals surface area contributed by atoms with Crippen LogP contribution in [0.5, 0.6) is 0 Å². The van der Waals surface area contributed by atoms with Gasteiger partial charge in [0, 0.05) is 5.56 Å². The molecule has 0 saturated heterocycles. The molecule has 0 atom stereocenters. The zero-order chi connectivity index (χ0) is 21.9. The molecule has 1 fully saturated rings. The second-order valence-corrected chi connectivity index (χ2v) is 9.49. The molecule has 0 unspecified atom stereocenters. The maximum Gasteiger partial charge on any atom is 0.132 e. The first-order chi connectivity index (χ1) is 15.2. The van der Waals surface area contributed by atoms with Crippen LogP contribution >= 0.6 is 0 Å². The summed E-state index contributed by atoms with van der Waals surface area (Å²) in [6.45, 7) is 2.28. The number of benzene rings is 2. The van der Waals surface area contributed by atoms with Gasteiger partial charge >= 0.3 is 0 Å². The normalized spacial score (nSPS) is 18.6. The number of hydrogen-bond donors (Lipinski definition) is 0. The van der Waals surface area contributed by atoms with Gasteiger partial charge in [0.05, 0.1) is 11.6 Å². The van der Waals surface area contributed by atoms with Crippen LogP contribution in [0, 0.1) is 29.0 Å². The lowest BCUT2D eigenvalue weighted by atomic mass is 9.77. The second-order valence-electron chi connectivity index (χ2n) is 9.49. The van der Waals surface area contributed by atoms with E-state index in [1.807, 2.05) is 18.2 Å². The zero-order valence-corrected chi connectivity index (χ0v) is 19.2. The van der Waals surface area contributed by atoms with Gasteiger partial charge in [0.25, 0.3) is 0 Å². The third-order valence-corrected chi connectivity index (χ3v) is 7.14. The molecule has 1 aliphatic carbocycles. The largest absolute Gasteiger partial charge is 0.206 e. The average Bonchev–Trinajstić information content (AvgIpc) is 2.81. The van der Waals surface area contributed by atoms with Gasteiger partial charge in [-0.05, 0) is 47.9 Å². The van der Waals surface area contributed by atoms with Gasteiger partial charge in [-0.3, -0.25) is 0 Å². The highest BCUT2D eigenvalue weighted by atomic mass is 19.1. The molecule has 166 valence electrons. The number of rotatable bonds is 11. The van der Waals surface area contributed by atoms with Crippen molar-refractivity contribution in [3.63, 3.8) is 0 Å². The van der Waals surface area contributed by atoms with Crippen molar-refractivity contribution in [1.29, 1.82) is 5.26 Å². The highest BCUT2D eigenvalue weighted by Crippen LogP contribution is 2.34. The van der Waals surface area contributed by atoms with E-state index in [-0.39, 0.29) is 5.82 Å². The van der Waals surface area contributed by atoms with Crippen molar-refractivity contribution in [2.75, 3.05) is 0 Å². The van der Waals surface area contributed by atoms with Crippen LogP contribution in [0.2, 0.25) is 0 Å². The molecule has 0 N–H and O–H groups in total. The molecule has 31 heavy (non-hydrogen) atoms. The van der Waals surface area contributed by atoms with E-state index in [0.717, 1.165) is 23.8 Å². The molecule has 0 aromatic heterocycles. The van der Waals surface area contributed by atoms with Gasteiger partial charge in [-0.1, -0.05) is 108 Å². The molecular weight excluding hydrogens is 381 g/mol. The van der Waals surface area contributed by atoms with Crippen LogP contribution in [0.3, 0.4) is 0 Å². The predicted molar refractivity (Wildman–Crippen MR) is 128 cm³/mol. The van der Waals surface area contributed by atoms with E-state index in [4.69, 9.17) is 5.26 Å². The third-order valence-electron chi connectivity index (χ3n) is 7.14. The van der Waals surface area contributed by atoms with Gasteiger partial charge in [-0.15, -0.1) is 0 Å².